The van der Waals surface area contributed by atoms with Crippen LogP contribution in [0.3, 0.4) is 0 Å². The van der Waals surface area contributed by atoms with Gasteiger partial charge in [-0.3, -0.25) is 0 Å². The second kappa shape index (κ2) is 6.95. The molecule has 3 rings (SSSR count). The van der Waals surface area contributed by atoms with Crippen molar-refractivity contribution >= 4 is 10.0 Å². The zero-order valence-corrected chi connectivity index (χ0v) is 15.0. The van der Waals surface area contributed by atoms with Crippen molar-refractivity contribution in [3.63, 3.8) is 0 Å². The summed E-state index contributed by atoms with van der Waals surface area (Å²) in [6.45, 7) is 0.416. The Labute approximate surface area is 144 Å². The molecule has 4 nitrogen and oxygen atoms in total. The number of aryl methyl sites for hydroxylation is 2. The molecule has 0 aromatic heterocycles. The van der Waals surface area contributed by atoms with E-state index in [0.29, 0.717) is 17.9 Å². The Morgan fingerprint density at radius 2 is 1.83 bits per heavy atom. The van der Waals surface area contributed by atoms with Crippen LogP contribution in [0.1, 0.15) is 23.1 Å². The lowest BCUT2D eigenvalue weighted by molar-refractivity contribution is 0.406. The molecule has 0 unspecified atom stereocenters. The summed E-state index contributed by atoms with van der Waals surface area (Å²) in [7, 11) is -0.192. The molecule has 2 aromatic carbocycles. The summed E-state index contributed by atoms with van der Waals surface area (Å²) < 4.78 is 32.4. The SMILES string of the molecule is COc1ccccc1CCN(C)S(=O)(=O)c1ccc2c(c1)CCC2. The average molecular weight is 345 g/mol. The van der Waals surface area contributed by atoms with E-state index in [9.17, 15) is 8.42 Å². The minimum Gasteiger partial charge on any atom is -0.496 e. The van der Waals surface area contributed by atoms with Gasteiger partial charge in [0.1, 0.15) is 5.75 Å². The summed E-state index contributed by atoms with van der Waals surface area (Å²) in [4.78, 5) is 0.394. The average Bonchev–Trinajstić information content (AvgIpc) is 3.07. The van der Waals surface area contributed by atoms with E-state index in [-0.39, 0.29) is 0 Å². The minimum atomic E-state index is -3.46. The standard InChI is InChI=1S/C19H23NO3S/c1-20(13-12-16-6-3-4-9-19(16)23-2)24(21,22)18-11-10-15-7-5-8-17(15)14-18/h3-4,6,9-11,14H,5,7-8,12-13H2,1-2H3. The van der Waals surface area contributed by atoms with Crippen LogP contribution in [0, 0.1) is 0 Å². The minimum absolute atomic E-state index is 0.394. The Morgan fingerprint density at radius 3 is 2.62 bits per heavy atom. The van der Waals surface area contributed by atoms with E-state index in [4.69, 9.17) is 4.74 Å². The quantitative estimate of drug-likeness (QED) is 0.808. The molecule has 0 atom stereocenters. The predicted molar refractivity (Wildman–Crippen MR) is 95.0 cm³/mol. The van der Waals surface area contributed by atoms with Gasteiger partial charge in [0.15, 0.2) is 0 Å². The number of nitrogens with zero attached hydrogens (tertiary/aromatic N) is 1. The summed E-state index contributed by atoms with van der Waals surface area (Å²) >= 11 is 0. The third-order valence-electron chi connectivity index (χ3n) is 4.67. The van der Waals surface area contributed by atoms with Gasteiger partial charge < -0.3 is 4.74 Å². The van der Waals surface area contributed by atoms with Crippen molar-refractivity contribution in [2.45, 2.75) is 30.6 Å². The zero-order valence-electron chi connectivity index (χ0n) is 14.2. The number of methoxy groups -OCH3 is 1. The van der Waals surface area contributed by atoms with Crippen molar-refractivity contribution in [1.82, 2.24) is 4.31 Å². The van der Waals surface area contributed by atoms with Crippen molar-refractivity contribution in [2.24, 2.45) is 0 Å². The van der Waals surface area contributed by atoms with E-state index >= 15 is 0 Å². The third-order valence-corrected chi connectivity index (χ3v) is 6.52. The number of rotatable bonds is 6. The number of fused-ring (bicyclic) bond motifs is 1. The van der Waals surface area contributed by atoms with Crippen LogP contribution in [0.4, 0.5) is 0 Å². The largest absolute Gasteiger partial charge is 0.496 e. The monoisotopic (exact) mass is 345 g/mol. The van der Waals surface area contributed by atoms with Crippen LogP contribution in [0.2, 0.25) is 0 Å². The lowest BCUT2D eigenvalue weighted by atomic mass is 10.1. The molecule has 128 valence electrons. The maximum atomic E-state index is 12.8. The highest BCUT2D eigenvalue weighted by molar-refractivity contribution is 7.89. The van der Waals surface area contributed by atoms with Gasteiger partial charge in [0, 0.05) is 13.6 Å². The van der Waals surface area contributed by atoms with E-state index in [1.807, 2.05) is 36.4 Å². The van der Waals surface area contributed by atoms with Crippen LogP contribution in [0.15, 0.2) is 47.4 Å². The normalized spacial score (nSPS) is 14.0. The molecular formula is C19H23NO3S. The van der Waals surface area contributed by atoms with Gasteiger partial charge in [-0.1, -0.05) is 24.3 Å². The molecule has 0 radical (unpaired) electrons. The Hall–Kier alpha value is -1.85. The first-order valence-electron chi connectivity index (χ1n) is 8.22. The fourth-order valence-electron chi connectivity index (χ4n) is 3.20. The number of hydrogen-bond acceptors (Lipinski definition) is 3. The number of ether oxygens (including phenoxy) is 1. The molecule has 1 aliphatic carbocycles. The van der Waals surface area contributed by atoms with Crippen LogP contribution in [-0.2, 0) is 29.3 Å². The van der Waals surface area contributed by atoms with Gasteiger partial charge in [0.05, 0.1) is 12.0 Å². The van der Waals surface area contributed by atoms with Gasteiger partial charge in [-0.2, -0.15) is 0 Å². The Bertz CT molecular complexity index is 830. The van der Waals surface area contributed by atoms with E-state index < -0.39 is 10.0 Å². The maximum Gasteiger partial charge on any atom is 0.242 e. The molecule has 0 saturated carbocycles. The molecule has 0 spiro atoms. The highest BCUT2D eigenvalue weighted by atomic mass is 32.2. The number of benzene rings is 2. The first-order valence-corrected chi connectivity index (χ1v) is 9.66. The molecule has 0 amide bonds. The molecule has 0 bridgehead atoms. The zero-order chi connectivity index (χ0) is 17.2. The molecule has 0 N–H and O–H groups in total. The molecule has 0 heterocycles. The van der Waals surface area contributed by atoms with E-state index in [0.717, 1.165) is 30.6 Å². The van der Waals surface area contributed by atoms with Crippen molar-refractivity contribution in [3.8, 4) is 5.75 Å². The summed E-state index contributed by atoms with van der Waals surface area (Å²) in [6.07, 6.45) is 3.76. The first kappa shape index (κ1) is 17.0. The van der Waals surface area contributed by atoms with Crippen molar-refractivity contribution in [1.29, 1.82) is 0 Å². The summed E-state index contributed by atoms with van der Waals surface area (Å²) in [5, 5.41) is 0. The fraction of sp³-hybridized carbons (Fsp3) is 0.368. The van der Waals surface area contributed by atoms with Gasteiger partial charge in [0.25, 0.3) is 0 Å². The van der Waals surface area contributed by atoms with Gasteiger partial charge in [-0.25, -0.2) is 12.7 Å². The topological polar surface area (TPSA) is 46.6 Å². The summed E-state index contributed by atoms with van der Waals surface area (Å²) in [5.74, 6) is 0.792. The molecule has 24 heavy (non-hydrogen) atoms. The van der Waals surface area contributed by atoms with Crippen LogP contribution < -0.4 is 4.74 Å². The van der Waals surface area contributed by atoms with Gasteiger partial charge in [-0.05, 0) is 60.6 Å². The van der Waals surface area contributed by atoms with Crippen LogP contribution in [0.25, 0.3) is 0 Å². The third kappa shape index (κ3) is 3.32. The molecule has 1 aliphatic rings. The predicted octanol–water partition coefficient (Wildman–Crippen LogP) is 3.05. The van der Waals surface area contributed by atoms with Crippen molar-refractivity contribution in [3.05, 3.63) is 59.2 Å². The molecular weight excluding hydrogens is 322 g/mol. The number of para-hydroxylation sites is 1. The van der Waals surface area contributed by atoms with Crippen LogP contribution in [-0.4, -0.2) is 33.4 Å². The molecule has 0 aliphatic heterocycles. The van der Waals surface area contributed by atoms with E-state index in [2.05, 4.69) is 0 Å². The lowest BCUT2D eigenvalue weighted by Crippen LogP contribution is -2.29. The van der Waals surface area contributed by atoms with Crippen molar-refractivity contribution < 1.29 is 13.2 Å². The Kier molecular flexibility index (Phi) is 4.92. The van der Waals surface area contributed by atoms with Crippen LogP contribution in [0.5, 0.6) is 5.75 Å². The summed E-state index contributed by atoms with van der Waals surface area (Å²) in [6, 6.07) is 13.2. The Balaban J connectivity index is 1.75. The molecule has 2 aromatic rings. The molecule has 0 saturated heterocycles. The fourth-order valence-corrected chi connectivity index (χ4v) is 4.42. The highest BCUT2D eigenvalue weighted by Gasteiger charge is 2.23. The first-order chi connectivity index (χ1) is 11.5. The summed E-state index contributed by atoms with van der Waals surface area (Å²) in [5.41, 5.74) is 3.47. The number of sulfonamides is 1. The smallest absolute Gasteiger partial charge is 0.242 e. The number of likely N-dealkylation sites (N-methyl/N-ethyl adjacent to an activating group) is 1. The van der Waals surface area contributed by atoms with E-state index in [1.165, 1.54) is 15.4 Å². The Morgan fingerprint density at radius 1 is 1.08 bits per heavy atom. The van der Waals surface area contributed by atoms with E-state index in [1.54, 1.807) is 20.2 Å². The number of hydrogen-bond donors (Lipinski definition) is 0. The van der Waals surface area contributed by atoms with Gasteiger partial charge >= 0.3 is 0 Å². The highest BCUT2D eigenvalue weighted by Crippen LogP contribution is 2.26. The lowest BCUT2D eigenvalue weighted by Gasteiger charge is -2.18. The van der Waals surface area contributed by atoms with Gasteiger partial charge in [-0.15, -0.1) is 0 Å². The van der Waals surface area contributed by atoms with Crippen LogP contribution >= 0.6 is 0 Å². The van der Waals surface area contributed by atoms with Crippen molar-refractivity contribution in [2.75, 3.05) is 20.7 Å². The maximum absolute atomic E-state index is 12.8. The second-order valence-electron chi connectivity index (χ2n) is 6.17. The molecule has 0 fully saturated rings. The van der Waals surface area contributed by atoms with Gasteiger partial charge in [0.2, 0.25) is 10.0 Å². The second-order valence-corrected chi connectivity index (χ2v) is 8.22. The molecule has 5 heteroatoms.